The van der Waals surface area contributed by atoms with Crippen LogP contribution in [-0.2, 0) is 11.8 Å². The third-order valence-corrected chi connectivity index (χ3v) is 3.76. The molecule has 1 aromatic rings. The lowest BCUT2D eigenvalue weighted by atomic mass is 9.90. The highest BCUT2D eigenvalue weighted by atomic mass is 15.5. The molecule has 2 N–H and O–H groups in total. The summed E-state index contributed by atoms with van der Waals surface area (Å²) in [6.07, 6.45) is 4.20. The average molecular weight is 230 g/mol. The number of aliphatic imine (C=N–C) groups is 1. The van der Waals surface area contributed by atoms with Crippen LogP contribution in [0.4, 0.5) is 0 Å². The maximum atomic E-state index is 5.88. The number of hydrazine groups is 1. The molecule has 0 amide bonds. The van der Waals surface area contributed by atoms with Crippen LogP contribution in [0.2, 0.25) is 0 Å². The first-order valence-electron chi connectivity index (χ1n) is 6.14. The molecule has 4 heteroatoms. The molecule has 0 fully saturated rings. The number of amidine groups is 1. The number of aromatic nitrogens is 1. The Kier molecular flexibility index (Phi) is 2.23. The van der Waals surface area contributed by atoms with Crippen molar-refractivity contribution in [2.24, 2.45) is 10.8 Å². The molecule has 0 atom stereocenters. The van der Waals surface area contributed by atoms with Gasteiger partial charge >= 0.3 is 0 Å². The van der Waals surface area contributed by atoms with E-state index in [1.54, 1.807) is 5.01 Å². The highest BCUT2D eigenvalue weighted by Gasteiger charge is 2.31. The van der Waals surface area contributed by atoms with Gasteiger partial charge in [0.05, 0.1) is 13.1 Å². The van der Waals surface area contributed by atoms with Crippen molar-refractivity contribution >= 4 is 5.84 Å². The van der Waals surface area contributed by atoms with Crippen molar-refractivity contribution in [3.8, 4) is 0 Å². The number of rotatable bonds is 1. The zero-order valence-corrected chi connectivity index (χ0v) is 10.4. The van der Waals surface area contributed by atoms with E-state index in [1.807, 2.05) is 6.20 Å². The van der Waals surface area contributed by atoms with Crippen molar-refractivity contribution < 1.29 is 0 Å². The largest absolute Gasteiger partial charge is 0.293 e. The van der Waals surface area contributed by atoms with E-state index in [1.165, 1.54) is 17.7 Å². The zero-order valence-electron chi connectivity index (χ0n) is 10.4. The highest BCUT2D eigenvalue weighted by molar-refractivity contribution is 5.99. The second-order valence-corrected chi connectivity index (χ2v) is 5.51. The Bertz CT molecular complexity index is 490. The van der Waals surface area contributed by atoms with Crippen molar-refractivity contribution in [3.05, 3.63) is 29.1 Å². The van der Waals surface area contributed by atoms with Crippen molar-refractivity contribution in [2.45, 2.75) is 32.1 Å². The van der Waals surface area contributed by atoms with E-state index in [0.717, 1.165) is 30.9 Å². The maximum absolute atomic E-state index is 5.88. The van der Waals surface area contributed by atoms with E-state index in [9.17, 15) is 0 Å². The molecule has 0 saturated carbocycles. The molecular weight excluding hydrogens is 212 g/mol. The standard InChI is InChI=1S/C13H18N4/c1-13(2)4-3-9-7-10(8-16-11(9)13)12-15-5-6-17(12)14/h7-8H,3-6,14H2,1-2H3. The average Bonchev–Trinajstić information content (AvgIpc) is 2.83. The van der Waals surface area contributed by atoms with E-state index in [0.29, 0.717) is 0 Å². The van der Waals surface area contributed by atoms with Gasteiger partial charge in [0.1, 0.15) is 5.84 Å². The molecule has 17 heavy (non-hydrogen) atoms. The Hall–Kier alpha value is -1.42. The normalized spacial score (nSPS) is 21.6. The topological polar surface area (TPSA) is 54.5 Å². The van der Waals surface area contributed by atoms with Crippen LogP contribution in [0.5, 0.6) is 0 Å². The van der Waals surface area contributed by atoms with Gasteiger partial charge in [-0.25, -0.2) is 5.84 Å². The summed E-state index contributed by atoms with van der Waals surface area (Å²) < 4.78 is 0. The maximum Gasteiger partial charge on any atom is 0.146 e. The molecule has 0 bridgehead atoms. The van der Waals surface area contributed by atoms with E-state index < -0.39 is 0 Å². The quantitative estimate of drug-likeness (QED) is 0.738. The highest BCUT2D eigenvalue weighted by Crippen LogP contribution is 2.36. The van der Waals surface area contributed by atoms with Gasteiger partial charge in [-0.15, -0.1) is 0 Å². The lowest BCUT2D eigenvalue weighted by molar-refractivity contribution is 0.484. The predicted octanol–water partition coefficient (Wildman–Crippen LogP) is 1.24. The Balaban J connectivity index is 2.01. The molecule has 1 aliphatic carbocycles. The number of nitrogens with zero attached hydrogens (tertiary/aromatic N) is 3. The third-order valence-electron chi connectivity index (χ3n) is 3.76. The Morgan fingerprint density at radius 3 is 2.94 bits per heavy atom. The number of fused-ring (bicyclic) bond motifs is 1. The summed E-state index contributed by atoms with van der Waals surface area (Å²) in [4.78, 5) is 9.05. The van der Waals surface area contributed by atoms with Crippen LogP contribution in [0.15, 0.2) is 17.3 Å². The second-order valence-electron chi connectivity index (χ2n) is 5.51. The van der Waals surface area contributed by atoms with Gasteiger partial charge in [-0.05, 0) is 24.5 Å². The number of nitrogens with two attached hydrogens (primary N) is 1. The van der Waals surface area contributed by atoms with Crippen LogP contribution in [-0.4, -0.2) is 28.9 Å². The van der Waals surface area contributed by atoms with Crippen LogP contribution in [0.3, 0.4) is 0 Å². The number of pyridine rings is 1. The van der Waals surface area contributed by atoms with Crippen LogP contribution in [0.25, 0.3) is 0 Å². The second kappa shape index (κ2) is 3.53. The van der Waals surface area contributed by atoms with Gasteiger partial charge in [-0.3, -0.25) is 15.0 Å². The lowest BCUT2D eigenvalue weighted by Gasteiger charge is -2.18. The van der Waals surface area contributed by atoms with Crippen LogP contribution in [0, 0.1) is 0 Å². The smallest absolute Gasteiger partial charge is 0.146 e. The van der Waals surface area contributed by atoms with Crippen molar-refractivity contribution in [3.63, 3.8) is 0 Å². The summed E-state index contributed by atoms with van der Waals surface area (Å²) in [5.74, 6) is 6.76. The summed E-state index contributed by atoms with van der Waals surface area (Å²) >= 11 is 0. The fraction of sp³-hybridized carbons (Fsp3) is 0.538. The molecule has 1 aromatic heterocycles. The molecule has 0 saturated heterocycles. The SMILES string of the molecule is CC1(C)CCc2cc(C3=NCCN3N)cnc21. The van der Waals surface area contributed by atoms with Crippen molar-refractivity contribution in [2.75, 3.05) is 13.1 Å². The first-order valence-corrected chi connectivity index (χ1v) is 6.14. The van der Waals surface area contributed by atoms with E-state index >= 15 is 0 Å². The summed E-state index contributed by atoms with van der Waals surface area (Å²) in [6, 6.07) is 2.21. The van der Waals surface area contributed by atoms with Crippen molar-refractivity contribution in [1.29, 1.82) is 0 Å². The molecule has 2 heterocycles. The molecular formula is C13H18N4. The first-order chi connectivity index (χ1) is 8.08. The molecule has 0 aromatic carbocycles. The minimum Gasteiger partial charge on any atom is -0.293 e. The predicted molar refractivity (Wildman–Crippen MR) is 67.9 cm³/mol. The fourth-order valence-corrected chi connectivity index (χ4v) is 2.72. The Morgan fingerprint density at radius 2 is 2.24 bits per heavy atom. The Morgan fingerprint density at radius 1 is 1.41 bits per heavy atom. The molecule has 0 radical (unpaired) electrons. The molecule has 4 nitrogen and oxygen atoms in total. The first kappa shape index (κ1) is 10.7. The van der Waals surface area contributed by atoms with Gasteiger partial charge in [0.15, 0.2) is 0 Å². The van der Waals surface area contributed by atoms with Gasteiger partial charge in [-0.1, -0.05) is 13.8 Å². The number of hydrogen-bond acceptors (Lipinski definition) is 4. The van der Waals surface area contributed by atoms with Gasteiger partial charge in [0, 0.05) is 22.9 Å². The molecule has 1 aliphatic heterocycles. The zero-order chi connectivity index (χ0) is 12.0. The molecule has 90 valence electrons. The van der Waals surface area contributed by atoms with Gasteiger partial charge in [0.2, 0.25) is 0 Å². The lowest BCUT2D eigenvalue weighted by Crippen LogP contribution is -2.35. The van der Waals surface area contributed by atoms with Crippen LogP contribution < -0.4 is 5.84 Å². The van der Waals surface area contributed by atoms with Gasteiger partial charge < -0.3 is 0 Å². The number of hydrogen-bond donors (Lipinski definition) is 1. The molecule has 0 spiro atoms. The van der Waals surface area contributed by atoms with E-state index in [-0.39, 0.29) is 5.41 Å². The Labute approximate surface area is 102 Å². The summed E-state index contributed by atoms with van der Waals surface area (Å²) in [5.41, 5.74) is 3.87. The van der Waals surface area contributed by atoms with Crippen LogP contribution >= 0.6 is 0 Å². The summed E-state index contributed by atoms with van der Waals surface area (Å²) in [6.45, 7) is 6.11. The summed E-state index contributed by atoms with van der Waals surface area (Å²) in [5, 5.41) is 1.71. The van der Waals surface area contributed by atoms with E-state index in [4.69, 9.17) is 5.84 Å². The molecule has 3 rings (SSSR count). The summed E-state index contributed by atoms with van der Waals surface area (Å²) in [7, 11) is 0. The van der Waals surface area contributed by atoms with Gasteiger partial charge in [0.25, 0.3) is 0 Å². The van der Waals surface area contributed by atoms with E-state index in [2.05, 4.69) is 29.9 Å². The third kappa shape index (κ3) is 1.63. The van der Waals surface area contributed by atoms with Crippen LogP contribution in [0.1, 0.15) is 37.1 Å². The van der Waals surface area contributed by atoms with Crippen molar-refractivity contribution in [1.82, 2.24) is 9.99 Å². The van der Waals surface area contributed by atoms with Gasteiger partial charge in [-0.2, -0.15) is 0 Å². The monoisotopic (exact) mass is 230 g/mol. The minimum atomic E-state index is 0.216. The fourth-order valence-electron chi connectivity index (χ4n) is 2.72. The minimum absolute atomic E-state index is 0.216. The molecule has 2 aliphatic rings. The molecule has 0 unspecified atom stereocenters. The number of aryl methyl sites for hydroxylation is 1.